The van der Waals surface area contributed by atoms with Gasteiger partial charge in [0.2, 0.25) is 0 Å². The van der Waals surface area contributed by atoms with Crippen LogP contribution in [0.2, 0.25) is 0 Å². The predicted octanol–water partition coefficient (Wildman–Crippen LogP) is 3.29. The van der Waals surface area contributed by atoms with Gasteiger partial charge in [-0.05, 0) is 33.6 Å². The fourth-order valence-corrected chi connectivity index (χ4v) is 3.55. The van der Waals surface area contributed by atoms with Gasteiger partial charge in [0.05, 0.1) is 17.9 Å². The normalized spacial score (nSPS) is 20.5. The van der Waals surface area contributed by atoms with Crippen molar-refractivity contribution < 1.29 is 14.3 Å². The Hall–Kier alpha value is -1.56. The number of unbranched alkanes of at least 4 members (excludes halogenated alkanes) is 1. The maximum absolute atomic E-state index is 12.4. The molecule has 0 saturated heterocycles. The van der Waals surface area contributed by atoms with Crippen LogP contribution in [0.1, 0.15) is 64.9 Å². The van der Waals surface area contributed by atoms with Crippen molar-refractivity contribution in [2.45, 2.75) is 52.6 Å². The van der Waals surface area contributed by atoms with Crippen molar-refractivity contribution in [2.75, 3.05) is 11.9 Å². The number of hydrogen-bond acceptors (Lipinski definition) is 5. The van der Waals surface area contributed by atoms with E-state index in [0.717, 1.165) is 24.1 Å². The van der Waals surface area contributed by atoms with Gasteiger partial charge in [-0.1, -0.05) is 13.3 Å². The van der Waals surface area contributed by atoms with Crippen molar-refractivity contribution in [3.8, 4) is 0 Å². The molecule has 2 heterocycles. The average Bonchev–Trinajstić information content (AvgIpc) is 2.74. The lowest BCUT2D eigenvalue weighted by molar-refractivity contribution is 0.0533. The second-order valence-electron chi connectivity index (χ2n) is 5.47. The van der Waals surface area contributed by atoms with E-state index in [-0.39, 0.29) is 11.9 Å². The standard InChI is InChI=1S/C15H22N2O3S/c1-5-7-8-15(4)16-11-10(13(18)17-15)9(3)21-12(11)14(19)20-6-2/h16H,5-8H2,1-4H3,(H,17,18). The average molecular weight is 310 g/mol. The van der Waals surface area contributed by atoms with Crippen molar-refractivity contribution in [3.63, 3.8) is 0 Å². The molecular formula is C15H22N2O3S. The quantitative estimate of drug-likeness (QED) is 0.819. The summed E-state index contributed by atoms with van der Waals surface area (Å²) in [6.45, 7) is 8.01. The Morgan fingerprint density at radius 1 is 1.33 bits per heavy atom. The number of fused-ring (bicyclic) bond motifs is 1. The van der Waals surface area contributed by atoms with Gasteiger partial charge in [0.15, 0.2) is 0 Å². The molecule has 21 heavy (non-hydrogen) atoms. The number of aryl methyl sites for hydroxylation is 1. The molecule has 1 unspecified atom stereocenters. The van der Waals surface area contributed by atoms with Gasteiger partial charge in [-0.25, -0.2) is 4.79 Å². The molecular weight excluding hydrogens is 288 g/mol. The molecule has 1 aliphatic rings. The molecule has 0 spiro atoms. The molecule has 0 bridgehead atoms. The summed E-state index contributed by atoms with van der Waals surface area (Å²) >= 11 is 1.31. The van der Waals surface area contributed by atoms with Crippen LogP contribution in [-0.4, -0.2) is 24.1 Å². The Kier molecular flexibility index (Phi) is 4.56. The van der Waals surface area contributed by atoms with Crippen LogP contribution in [-0.2, 0) is 4.74 Å². The van der Waals surface area contributed by atoms with Gasteiger partial charge in [-0.2, -0.15) is 0 Å². The summed E-state index contributed by atoms with van der Waals surface area (Å²) in [6, 6.07) is 0. The molecule has 116 valence electrons. The van der Waals surface area contributed by atoms with Crippen LogP contribution in [0.15, 0.2) is 0 Å². The highest BCUT2D eigenvalue weighted by Crippen LogP contribution is 2.38. The van der Waals surface area contributed by atoms with Crippen molar-refractivity contribution in [1.29, 1.82) is 0 Å². The minimum absolute atomic E-state index is 0.119. The molecule has 6 heteroatoms. The third-order valence-electron chi connectivity index (χ3n) is 3.59. The highest BCUT2D eigenvalue weighted by atomic mass is 32.1. The van der Waals surface area contributed by atoms with Gasteiger partial charge >= 0.3 is 5.97 Å². The number of hydrogen-bond donors (Lipinski definition) is 2. The smallest absolute Gasteiger partial charge is 0.350 e. The molecule has 5 nitrogen and oxygen atoms in total. The van der Waals surface area contributed by atoms with Crippen LogP contribution in [0.25, 0.3) is 0 Å². The van der Waals surface area contributed by atoms with Gasteiger partial charge in [0, 0.05) is 4.88 Å². The van der Waals surface area contributed by atoms with E-state index in [1.165, 1.54) is 11.3 Å². The van der Waals surface area contributed by atoms with Gasteiger partial charge in [-0.15, -0.1) is 11.3 Å². The van der Waals surface area contributed by atoms with E-state index < -0.39 is 5.66 Å². The highest BCUT2D eigenvalue weighted by Gasteiger charge is 2.38. The summed E-state index contributed by atoms with van der Waals surface area (Å²) in [4.78, 5) is 25.8. The van der Waals surface area contributed by atoms with E-state index in [4.69, 9.17) is 4.74 Å². The lowest BCUT2D eigenvalue weighted by Gasteiger charge is -2.37. The Bertz CT molecular complexity index is 568. The molecule has 1 aromatic rings. The lowest BCUT2D eigenvalue weighted by Crippen LogP contribution is -2.55. The van der Waals surface area contributed by atoms with Gasteiger partial charge in [-0.3, -0.25) is 4.79 Å². The number of amides is 1. The van der Waals surface area contributed by atoms with Crippen LogP contribution in [0, 0.1) is 6.92 Å². The van der Waals surface area contributed by atoms with E-state index in [1.807, 2.05) is 13.8 Å². The van der Waals surface area contributed by atoms with E-state index in [2.05, 4.69) is 17.6 Å². The van der Waals surface area contributed by atoms with E-state index in [0.29, 0.717) is 22.7 Å². The molecule has 1 aliphatic heterocycles. The molecule has 1 amide bonds. The molecule has 0 fully saturated rings. The number of ether oxygens (including phenoxy) is 1. The minimum Gasteiger partial charge on any atom is -0.462 e. The van der Waals surface area contributed by atoms with Gasteiger partial charge in [0.25, 0.3) is 5.91 Å². The Morgan fingerprint density at radius 3 is 2.67 bits per heavy atom. The zero-order chi connectivity index (χ0) is 15.6. The largest absolute Gasteiger partial charge is 0.462 e. The number of nitrogens with one attached hydrogen (secondary N) is 2. The number of carbonyl (C=O) groups is 2. The Balaban J connectivity index is 2.38. The van der Waals surface area contributed by atoms with Crippen LogP contribution >= 0.6 is 11.3 Å². The summed E-state index contributed by atoms with van der Waals surface area (Å²) in [7, 11) is 0. The van der Waals surface area contributed by atoms with E-state index in [9.17, 15) is 9.59 Å². The predicted molar refractivity (Wildman–Crippen MR) is 84.0 cm³/mol. The molecule has 2 N–H and O–H groups in total. The van der Waals surface area contributed by atoms with Crippen LogP contribution < -0.4 is 10.6 Å². The van der Waals surface area contributed by atoms with Crippen molar-refractivity contribution in [1.82, 2.24) is 5.32 Å². The monoisotopic (exact) mass is 310 g/mol. The van der Waals surface area contributed by atoms with Crippen molar-refractivity contribution in [2.24, 2.45) is 0 Å². The first-order valence-electron chi connectivity index (χ1n) is 7.33. The summed E-state index contributed by atoms with van der Waals surface area (Å²) in [6.07, 6.45) is 2.86. The first-order chi connectivity index (χ1) is 9.91. The summed E-state index contributed by atoms with van der Waals surface area (Å²) < 4.78 is 5.09. The Morgan fingerprint density at radius 2 is 2.05 bits per heavy atom. The molecule has 1 aromatic heterocycles. The number of anilines is 1. The lowest BCUT2D eigenvalue weighted by atomic mass is 9.99. The Labute approximate surface area is 129 Å². The maximum atomic E-state index is 12.4. The molecule has 2 rings (SSSR count). The molecule has 1 atom stereocenters. The van der Waals surface area contributed by atoms with E-state index in [1.54, 1.807) is 6.92 Å². The number of thiophene rings is 1. The number of rotatable bonds is 5. The molecule has 0 saturated carbocycles. The van der Waals surface area contributed by atoms with Crippen molar-refractivity contribution >= 4 is 28.9 Å². The third-order valence-corrected chi connectivity index (χ3v) is 4.68. The summed E-state index contributed by atoms with van der Waals surface area (Å²) in [5.41, 5.74) is 0.671. The highest BCUT2D eigenvalue weighted by molar-refractivity contribution is 7.15. The van der Waals surface area contributed by atoms with Crippen molar-refractivity contribution in [3.05, 3.63) is 15.3 Å². The van der Waals surface area contributed by atoms with Crippen LogP contribution in [0.4, 0.5) is 5.69 Å². The van der Waals surface area contributed by atoms with Gasteiger partial charge < -0.3 is 15.4 Å². The second kappa shape index (κ2) is 6.05. The second-order valence-corrected chi connectivity index (χ2v) is 6.70. The first-order valence-corrected chi connectivity index (χ1v) is 8.14. The minimum atomic E-state index is -0.519. The first kappa shape index (κ1) is 15.8. The SMILES string of the molecule is CCCCC1(C)NC(=O)c2c(C)sc(C(=O)OCC)c2N1. The van der Waals surface area contributed by atoms with Crippen LogP contribution in [0.3, 0.4) is 0 Å². The number of esters is 1. The fraction of sp³-hybridized carbons (Fsp3) is 0.600. The maximum Gasteiger partial charge on any atom is 0.350 e. The van der Waals surface area contributed by atoms with Gasteiger partial charge in [0.1, 0.15) is 10.5 Å². The van der Waals surface area contributed by atoms with Crippen LogP contribution in [0.5, 0.6) is 0 Å². The van der Waals surface area contributed by atoms with E-state index >= 15 is 0 Å². The zero-order valence-electron chi connectivity index (χ0n) is 13.0. The third kappa shape index (κ3) is 3.05. The topological polar surface area (TPSA) is 67.4 Å². The molecule has 0 aliphatic carbocycles. The molecule has 0 aromatic carbocycles. The molecule has 0 radical (unpaired) electrons. The summed E-state index contributed by atoms with van der Waals surface area (Å²) in [5.74, 6) is -0.487. The number of carbonyl (C=O) groups excluding carboxylic acids is 2. The zero-order valence-corrected chi connectivity index (χ0v) is 13.8. The fourth-order valence-electron chi connectivity index (χ4n) is 2.55. The summed E-state index contributed by atoms with van der Waals surface area (Å²) in [5, 5.41) is 6.36.